The number of methoxy groups -OCH3 is 2. The molecule has 0 aromatic heterocycles. The fourth-order valence-electron chi connectivity index (χ4n) is 2.48. The number of nitrogens with two attached hydrogens (primary N) is 1. The Morgan fingerprint density at radius 2 is 1.75 bits per heavy atom. The van der Waals surface area contributed by atoms with Gasteiger partial charge in [-0.1, -0.05) is 19.1 Å². The number of benzene rings is 2. The first kappa shape index (κ1) is 21.3. The van der Waals surface area contributed by atoms with Gasteiger partial charge in [0.15, 0.2) is 11.5 Å². The molecule has 0 spiro atoms. The van der Waals surface area contributed by atoms with E-state index in [-0.39, 0.29) is 5.12 Å². The van der Waals surface area contributed by atoms with Gasteiger partial charge < -0.3 is 20.5 Å². The van der Waals surface area contributed by atoms with Crippen molar-refractivity contribution in [2.45, 2.75) is 24.3 Å². The summed E-state index contributed by atoms with van der Waals surface area (Å²) < 4.78 is 10.4. The first-order valence-electron chi connectivity index (χ1n) is 8.54. The molecule has 0 unspecified atom stereocenters. The average molecular weight is 402 g/mol. The molecule has 7 nitrogen and oxygen atoms in total. The van der Waals surface area contributed by atoms with Gasteiger partial charge in [-0.3, -0.25) is 14.4 Å². The van der Waals surface area contributed by atoms with Crippen LogP contribution < -0.4 is 20.5 Å². The van der Waals surface area contributed by atoms with Crippen molar-refractivity contribution < 1.29 is 23.9 Å². The third kappa shape index (κ3) is 5.04. The van der Waals surface area contributed by atoms with Crippen LogP contribution in [0.15, 0.2) is 47.4 Å². The second-order valence-corrected chi connectivity index (χ2v) is 6.81. The predicted molar refractivity (Wildman–Crippen MR) is 107 cm³/mol. The maximum absolute atomic E-state index is 12.7. The molecular weight excluding hydrogens is 380 g/mol. The highest BCUT2D eigenvalue weighted by atomic mass is 32.2. The lowest BCUT2D eigenvalue weighted by molar-refractivity contribution is -0.119. The number of hydrogen-bond acceptors (Lipinski definition) is 6. The van der Waals surface area contributed by atoms with Crippen LogP contribution in [0.1, 0.15) is 34.1 Å². The molecule has 2 rings (SSSR count). The molecule has 148 valence electrons. The summed E-state index contributed by atoms with van der Waals surface area (Å²) in [4.78, 5) is 37.1. The molecule has 0 aliphatic rings. The molecule has 0 fully saturated rings. The maximum Gasteiger partial charge on any atom is 0.253 e. The van der Waals surface area contributed by atoms with Crippen molar-refractivity contribution in [3.8, 4) is 11.5 Å². The Bertz CT molecular complexity index is 885. The van der Waals surface area contributed by atoms with Gasteiger partial charge in [0, 0.05) is 10.5 Å². The van der Waals surface area contributed by atoms with E-state index in [1.165, 1.54) is 14.2 Å². The van der Waals surface area contributed by atoms with E-state index in [1.54, 1.807) is 49.4 Å². The van der Waals surface area contributed by atoms with E-state index in [0.29, 0.717) is 33.9 Å². The zero-order valence-corrected chi connectivity index (χ0v) is 16.7. The number of carbonyl (C=O) groups excluding carboxylic acids is 3. The fraction of sp³-hybridized carbons (Fsp3) is 0.250. The Morgan fingerprint density at radius 3 is 2.36 bits per heavy atom. The maximum atomic E-state index is 12.7. The van der Waals surface area contributed by atoms with Crippen LogP contribution in [-0.4, -0.2) is 37.2 Å². The highest BCUT2D eigenvalue weighted by Gasteiger charge is 2.21. The second kappa shape index (κ2) is 9.80. The van der Waals surface area contributed by atoms with Gasteiger partial charge in [-0.2, -0.15) is 0 Å². The van der Waals surface area contributed by atoms with Gasteiger partial charge in [0.2, 0.25) is 11.0 Å². The van der Waals surface area contributed by atoms with E-state index in [4.69, 9.17) is 15.2 Å². The van der Waals surface area contributed by atoms with Gasteiger partial charge in [-0.15, -0.1) is 0 Å². The molecular formula is C20H22N2O5S. The molecule has 0 aliphatic carbocycles. The van der Waals surface area contributed by atoms with Crippen molar-refractivity contribution in [3.63, 3.8) is 0 Å². The van der Waals surface area contributed by atoms with Crippen LogP contribution in [0.4, 0.5) is 0 Å². The van der Waals surface area contributed by atoms with E-state index in [2.05, 4.69) is 5.32 Å². The molecule has 1 atom stereocenters. The molecule has 0 heterocycles. The zero-order chi connectivity index (χ0) is 20.7. The first-order valence-corrected chi connectivity index (χ1v) is 9.36. The van der Waals surface area contributed by atoms with Gasteiger partial charge in [0.05, 0.1) is 19.8 Å². The van der Waals surface area contributed by atoms with Crippen molar-refractivity contribution in [1.82, 2.24) is 5.32 Å². The Morgan fingerprint density at radius 1 is 1.07 bits per heavy atom. The normalized spacial score (nSPS) is 11.4. The third-order valence-corrected chi connectivity index (χ3v) is 5.01. The molecule has 0 radical (unpaired) electrons. The molecule has 0 saturated heterocycles. The van der Waals surface area contributed by atoms with Gasteiger partial charge in [-0.25, -0.2) is 0 Å². The van der Waals surface area contributed by atoms with Crippen LogP contribution in [0.2, 0.25) is 0 Å². The second-order valence-electron chi connectivity index (χ2n) is 5.79. The van der Waals surface area contributed by atoms with E-state index >= 15 is 0 Å². The largest absolute Gasteiger partial charge is 0.493 e. The summed E-state index contributed by atoms with van der Waals surface area (Å²) in [5, 5.41) is 2.33. The molecule has 0 saturated carbocycles. The lowest BCUT2D eigenvalue weighted by atomic mass is 10.1. The van der Waals surface area contributed by atoms with Crippen molar-refractivity contribution >= 4 is 28.7 Å². The summed E-state index contributed by atoms with van der Waals surface area (Å²) in [6.45, 7) is 1.75. The van der Waals surface area contributed by atoms with Crippen LogP contribution in [0.25, 0.3) is 0 Å². The lowest BCUT2D eigenvalue weighted by Gasteiger charge is -2.15. The van der Waals surface area contributed by atoms with Gasteiger partial charge in [0.25, 0.3) is 5.91 Å². The van der Waals surface area contributed by atoms with Crippen LogP contribution >= 0.6 is 11.8 Å². The highest BCUT2D eigenvalue weighted by molar-refractivity contribution is 8.14. The highest BCUT2D eigenvalue weighted by Crippen LogP contribution is 2.32. The quantitative estimate of drug-likeness (QED) is 0.657. The number of ether oxygens (including phenoxy) is 2. The number of primary amides is 1. The minimum Gasteiger partial charge on any atom is -0.493 e. The minimum absolute atomic E-state index is 0.261. The zero-order valence-electron chi connectivity index (χ0n) is 15.9. The Balaban J connectivity index is 2.24. The van der Waals surface area contributed by atoms with Crippen molar-refractivity contribution in [3.05, 3.63) is 53.6 Å². The summed E-state index contributed by atoms with van der Waals surface area (Å²) in [6, 6.07) is 10.8. The number of thioether (sulfide) groups is 1. The van der Waals surface area contributed by atoms with E-state index in [0.717, 1.165) is 11.8 Å². The third-order valence-electron chi connectivity index (χ3n) is 4.01. The van der Waals surface area contributed by atoms with Crippen molar-refractivity contribution in [2.75, 3.05) is 14.2 Å². The van der Waals surface area contributed by atoms with Gasteiger partial charge in [-0.05, 0) is 48.5 Å². The molecule has 3 N–H and O–H groups in total. The molecule has 2 aromatic rings. The van der Waals surface area contributed by atoms with Gasteiger partial charge >= 0.3 is 0 Å². The minimum atomic E-state index is -0.771. The van der Waals surface area contributed by atoms with Crippen LogP contribution in [0.3, 0.4) is 0 Å². The molecule has 0 bridgehead atoms. The monoisotopic (exact) mass is 402 g/mol. The summed E-state index contributed by atoms with van der Waals surface area (Å²) in [5.74, 6) is -0.121. The van der Waals surface area contributed by atoms with Crippen molar-refractivity contribution in [1.29, 1.82) is 0 Å². The smallest absolute Gasteiger partial charge is 0.253 e. The predicted octanol–water partition coefficient (Wildman–Crippen LogP) is 2.63. The Kier molecular flexibility index (Phi) is 7.45. The summed E-state index contributed by atoms with van der Waals surface area (Å²) in [6.07, 6.45) is 0.376. The van der Waals surface area contributed by atoms with Crippen LogP contribution in [0.5, 0.6) is 11.5 Å². The lowest BCUT2D eigenvalue weighted by Crippen LogP contribution is -2.44. The standard InChI is InChI=1S/C20H22N2O5S/c1-4-14(18(21)23)22-19(24)13-7-5-6-8-17(13)28-20(25)12-9-10-15(26-2)16(11-12)27-3/h5-11,14H,4H2,1-3H3,(H2,21,23)(H,22,24)/t14-/m0/s1. The number of hydrogen-bond donors (Lipinski definition) is 2. The SMILES string of the molecule is CC[C@H](NC(=O)c1ccccc1SC(=O)c1ccc(OC)c(OC)c1)C(N)=O. The first-order chi connectivity index (χ1) is 13.4. The molecule has 28 heavy (non-hydrogen) atoms. The number of nitrogens with one attached hydrogen (secondary N) is 1. The van der Waals surface area contributed by atoms with Crippen LogP contribution in [0, 0.1) is 0 Å². The van der Waals surface area contributed by atoms with E-state index in [9.17, 15) is 14.4 Å². The van der Waals surface area contributed by atoms with Crippen molar-refractivity contribution in [2.24, 2.45) is 5.73 Å². The number of rotatable bonds is 8. The number of amides is 2. The molecule has 2 amide bonds. The Hall–Kier alpha value is -3.00. The van der Waals surface area contributed by atoms with Crippen LogP contribution in [-0.2, 0) is 4.79 Å². The fourth-order valence-corrected chi connectivity index (χ4v) is 3.34. The average Bonchev–Trinajstić information content (AvgIpc) is 2.71. The molecule has 8 heteroatoms. The van der Waals surface area contributed by atoms with E-state index in [1.807, 2.05) is 0 Å². The summed E-state index contributed by atoms with van der Waals surface area (Å²) in [5.41, 5.74) is 5.98. The summed E-state index contributed by atoms with van der Waals surface area (Å²) in [7, 11) is 3.00. The Labute approximate surface area is 167 Å². The molecule has 0 aliphatic heterocycles. The summed E-state index contributed by atoms with van der Waals surface area (Å²) >= 11 is 0.915. The van der Waals surface area contributed by atoms with E-state index < -0.39 is 17.9 Å². The number of carbonyl (C=O) groups is 3. The van der Waals surface area contributed by atoms with Gasteiger partial charge in [0.1, 0.15) is 6.04 Å². The topological polar surface area (TPSA) is 108 Å². The molecule has 2 aromatic carbocycles.